The predicted octanol–water partition coefficient (Wildman–Crippen LogP) is 0.216. The molecule has 0 fully saturated rings. The number of hydrogen-bond donors (Lipinski definition) is 0. The van der Waals surface area contributed by atoms with Crippen LogP contribution in [-0.2, 0) is 27.6 Å². The van der Waals surface area contributed by atoms with Gasteiger partial charge in [0.2, 0.25) is 0 Å². The highest BCUT2D eigenvalue weighted by Crippen LogP contribution is 2.04. The summed E-state index contributed by atoms with van der Waals surface area (Å²) >= 11 is 0. The Kier molecular flexibility index (Phi) is 6.50. The third kappa shape index (κ3) is 4.49. The largest absolute Gasteiger partial charge is 0.528 e. The van der Waals surface area contributed by atoms with E-state index < -0.39 is 20.7 Å². The summed E-state index contributed by atoms with van der Waals surface area (Å²) in [5.74, 6) is -1.16. The van der Waals surface area contributed by atoms with E-state index >= 15 is 0 Å². The van der Waals surface area contributed by atoms with E-state index in [9.17, 15) is 9.59 Å². The molecule has 0 unspecified atom stereocenters. The van der Waals surface area contributed by atoms with Crippen molar-refractivity contribution in [3.8, 4) is 0 Å². The molecule has 0 spiro atoms. The van der Waals surface area contributed by atoms with Crippen molar-refractivity contribution in [2.75, 3.05) is 21.3 Å². The van der Waals surface area contributed by atoms with Crippen molar-refractivity contribution in [3.05, 3.63) is 24.4 Å². The highest BCUT2D eigenvalue weighted by Gasteiger charge is 2.33. The average Bonchev–Trinajstić information content (AvgIpc) is 2.67. The molecule has 1 aliphatic heterocycles. The fourth-order valence-electron chi connectivity index (χ4n) is 0.803. The molecule has 0 N–H and O–H groups in total. The first kappa shape index (κ1) is 14.7. The van der Waals surface area contributed by atoms with Gasteiger partial charge in [-0.15, -0.1) is 0 Å². The monoisotopic (exact) mass is 246 g/mol. The molecule has 1 heterocycles. The zero-order valence-electron chi connectivity index (χ0n) is 9.39. The van der Waals surface area contributed by atoms with Crippen molar-refractivity contribution in [2.24, 2.45) is 0 Å². The summed E-state index contributed by atoms with van der Waals surface area (Å²) in [6, 6.07) is 0. The standard InChI is InChI=1S/C5H12O3Si.C4H2O3/c1-5-9(6-2,7-3)8-4;5-3-1-2-4(6)7-3/h5H,1H2,2-4H3;1-2H. The van der Waals surface area contributed by atoms with Crippen LogP contribution in [0.1, 0.15) is 0 Å². The predicted molar refractivity (Wildman–Crippen MR) is 57.2 cm³/mol. The first-order valence-corrected chi connectivity index (χ1v) is 6.06. The molecule has 1 aliphatic rings. The fourth-order valence-corrected chi connectivity index (χ4v) is 1.80. The molecule has 0 bridgehead atoms. The Morgan fingerprint density at radius 2 is 1.50 bits per heavy atom. The van der Waals surface area contributed by atoms with E-state index in [2.05, 4.69) is 11.3 Å². The van der Waals surface area contributed by atoms with Crippen molar-refractivity contribution < 1.29 is 27.6 Å². The van der Waals surface area contributed by atoms with Crippen LogP contribution in [0.15, 0.2) is 24.4 Å². The second kappa shape index (κ2) is 7.07. The van der Waals surface area contributed by atoms with Crippen LogP contribution in [0.4, 0.5) is 0 Å². The Bertz CT molecular complexity index is 270. The van der Waals surface area contributed by atoms with Gasteiger partial charge < -0.3 is 18.0 Å². The number of carbonyl (C=O) groups excluding carboxylic acids is 2. The van der Waals surface area contributed by atoms with Crippen LogP contribution in [-0.4, -0.2) is 42.1 Å². The Balaban J connectivity index is 0.000000288. The average molecular weight is 246 g/mol. The molecule has 90 valence electrons. The van der Waals surface area contributed by atoms with Crippen LogP contribution in [0, 0.1) is 0 Å². The van der Waals surface area contributed by atoms with Crippen molar-refractivity contribution in [2.45, 2.75) is 0 Å². The van der Waals surface area contributed by atoms with Gasteiger partial charge in [-0.25, -0.2) is 9.59 Å². The smallest absolute Gasteiger partial charge is 0.387 e. The van der Waals surface area contributed by atoms with Crippen LogP contribution in [0.5, 0.6) is 0 Å². The van der Waals surface area contributed by atoms with Gasteiger partial charge in [-0.1, -0.05) is 6.58 Å². The number of esters is 2. The van der Waals surface area contributed by atoms with E-state index in [1.54, 1.807) is 27.0 Å². The lowest BCUT2D eigenvalue weighted by atomic mass is 10.6. The third-order valence-electron chi connectivity index (χ3n) is 1.66. The molecule has 0 aromatic heterocycles. The number of hydrogen-bond acceptors (Lipinski definition) is 6. The summed E-state index contributed by atoms with van der Waals surface area (Å²) in [6.07, 6.45) is 2.17. The van der Waals surface area contributed by atoms with Crippen LogP contribution in [0.25, 0.3) is 0 Å². The van der Waals surface area contributed by atoms with Gasteiger partial charge in [-0.2, -0.15) is 0 Å². The molecule has 0 atom stereocenters. The Morgan fingerprint density at radius 1 is 1.12 bits per heavy atom. The van der Waals surface area contributed by atoms with Crippen molar-refractivity contribution >= 4 is 20.7 Å². The van der Waals surface area contributed by atoms with Gasteiger partial charge in [0.25, 0.3) is 0 Å². The summed E-state index contributed by atoms with van der Waals surface area (Å²) < 4.78 is 18.9. The summed E-state index contributed by atoms with van der Waals surface area (Å²) in [4.78, 5) is 19.8. The van der Waals surface area contributed by atoms with E-state index in [-0.39, 0.29) is 0 Å². The summed E-state index contributed by atoms with van der Waals surface area (Å²) in [6.45, 7) is 3.53. The van der Waals surface area contributed by atoms with E-state index in [0.29, 0.717) is 0 Å². The van der Waals surface area contributed by atoms with Gasteiger partial charge in [0.1, 0.15) is 0 Å². The SMILES string of the molecule is C=C[Si](OC)(OC)OC.O=C1C=CC(=O)O1. The Labute approximate surface area is 94.8 Å². The molecule has 1 rings (SSSR count). The normalized spacial score (nSPS) is 14.2. The van der Waals surface area contributed by atoms with Gasteiger partial charge in [0.05, 0.1) is 0 Å². The Morgan fingerprint density at radius 3 is 1.56 bits per heavy atom. The zero-order chi connectivity index (χ0) is 12.6. The van der Waals surface area contributed by atoms with Crippen LogP contribution >= 0.6 is 0 Å². The molecule has 0 saturated heterocycles. The first-order chi connectivity index (χ1) is 7.53. The summed E-state index contributed by atoms with van der Waals surface area (Å²) in [5.41, 5.74) is 1.58. The van der Waals surface area contributed by atoms with Crippen LogP contribution < -0.4 is 0 Å². The van der Waals surface area contributed by atoms with Gasteiger partial charge in [-0.05, 0) is 5.70 Å². The zero-order valence-corrected chi connectivity index (χ0v) is 10.4. The lowest BCUT2D eigenvalue weighted by Crippen LogP contribution is -2.40. The molecule has 16 heavy (non-hydrogen) atoms. The van der Waals surface area contributed by atoms with Crippen molar-refractivity contribution in [1.29, 1.82) is 0 Å². The molecule has 0 aromatic rings. The number of rotatable bonds is 4. The molecule has 7 heteroatoms. The first-order valence-electron chi connectivity index (χ1n) is 4.26. The van der Waals surface area contributed by atoms with Crippen LogP contribution in [0.3, 0.4) is 0 Å². The lowest BCUT2D eigenvalue weighted by Gasteiger charge is -2.19. The highest BCUT2D eigenvalue weighted by molar-refractivity contribution is 6.66. The quantitative estimate of drug-likeness (QED) is 0.401. The van der Waals surface area contributed by atoms with Gasteiger partial charge in [0, 0.05) is 33.5 Å². The molecular weight excluding hydrogens is 232 g/mol. The van der Waals surface area contributed by atoms with Crippen LogP contribution in [0.2, 0.25) is 0 Å². The molecule has 0 amide bonds. The number of ether oxygens (including phenoxy) is 1. The molecule has 6 nitrogen and oxygen atoms in total. The topological polar surface area (TPSA) is 71.1 Å². The summed E-state index contributed by atoms with van der Waals surface area (Å²) in [5, 5.41) is 0. The van der Waals surface area contributed by atoms with Gasteiger partial charge in [-0.3, -0.25) is 0 Å². The molecule has 0 aromatic carbocycles. The Hall–Kier alpha value is -1.28. The highest BCUT2D eigenvalue weighted by atomic mass is 28.4. The maximum Gasteiger partial charge on any atom is 0.528 e. The van der Waals surface area contributed by atoms with E-state index in [4.69, 9.17) is 13.3 Å². The second-order valence-corrected chi connectivity index (χ2v) is 5.33. The maximum absolute atomic E-state index is 9.92. The van der Waals surface area contributed by atoms with E-state index in [1.807, 2.05) is 0 Å². The minimum atomic E-state index is -2.43. The fraction of sp³-hybridized carbons (Fsp3) is 0.333. The number of cyclic esters (lactones) is 2. The molecule has 0 aliphatic carbocycles. The minimum Gasteiger partial charge on any atom is -0.387 e. The lowest BCUT2D eigenvalue weighted by molar-refractivity contribution is -0.150. The van der Waals surface area contributed by atoms with Gasteiger partial charge in [0.15, 0.2) is 0 Å². The molecular formula is C9H14O6Si. The number of carbonyl (C=O) groups is 2. The minimum absolute atomic E-state index is 0.579. The summed E-state index contributed by atoms with van der Waals surface area (Å²) in [7, 11) is 2.20. The van der Waals surface area contributed by atoms with Crippen molar-refractivity contribution in [1.82, 2.24) is 0 Å². The third-order valence-corrected chi connectivity index (χ3v) is 3.87. The van der Waals surface area contributed by atoms with Gasteiger partial charge >= 0.3 is 20.7 Å². The van der Waals surface area contributed by atoms with E-state index in [0.717, 1.165) is 12.2 Å². The van der Waals surface area contributed by atoms with Crippen molar-refractivity contribution in [3.63, 3.8) is 0 Å². The second-order valence-electron chi connectivity index (χ2n) is 2.49. The van der Waals surface area contributed by atoms with E-state index in [1.165, 1.54) is 0 Å². The molecule has 0 radical (unpaired) electrons. The maximum atomic E-state index is 9.92. The molecule has 0 saturated carbocycles.